The summed E-state index contributed by atoms with van der Waals surface area (Å²) >= 11 is 1.98. The fraction of sp³-hybridized carbons (Fsp3) is 0.357. The van der Waals surface area contributed by atoms with E-state index in [2.05, 4.69) is 25.7 Å². The van der Waals surface area contributed by atoms with Crippen LogP contribution in [0.4, 0.5) is 10.2 Å². The van der Waals surface area contributed by atoms with Crippen LogP contribution >= 0.6 is 22.6 Å². The number of anilines is 1. The minimum absolute atomic E-state index is 0.281. The number of hydrogen-bond acceptors (Lipinski definition) is 8. The third kappa shape index (κ3) is 8.90. The number of nitrogens with zero attached hydrogens (tertiary/aromatic N) is 3. The van der Waals surface area contributed by atoms with Crippen LogP contribution in [0, 0.1) is 22.2 Å². The zero-order chi connectivity index (χ0) is 37.7. The van der Waals surface area contributed by atoms with Gasteiger partial charge in [-0.3, -0.25) is 9.20 Å². The zero-order valence-corrected chi connectivity index (χ0v) is 32.9. The van der Waals surface area contributed by atoms with Gasteiger partial charge in [0.25, 0.3) is 5.78 Å². The second-order valence-corrected chi connectivity index (χ2v) is 15.2. The van der Waals surface area contributed by atoms with Crippen molar-refractivity contribution in [2.24, 2.45) is 5.92 Å². The standard InChI is InChI=1S/C42H45FIN3O6/c1-27(2)25-51-18-19-53-42(4)14-16-46(17-15-42)40-38(39(48)41(49)50-5)28(3)20-37-45-35(24-47(37)40)31-13-9-12-30(21-31)32-22-33(43)34(44)23-36(32)52-26-29-10-7-6-8-11-29/h6-13,20-24,27H,14-19,25-26H2,1-5H3. The van der Waals surface area contributed by atoms with Gasteiger partial charge in [0.1, 0.15) is 29.6 Å². The van der Waals surface area contributed by atoms with E-state index < -0.39 is 11.8 Å². The van der Waals surface area contributed by atoms with Gasteiger partial charge >= 0.3 is 5.97 Å². The summed E-state index contributed by atoms with van der Waals surface area (Å²) in [4.78, 5) is 33.4. The maximum atomic E-state index is 15.0. The van der Waals surface area contributed by atoms with Crippen LogP contribution in [0.15, 0.2) is 79.0 Å². The molecule has 0 spiro atoms. The Labute approximate surface area is 323 Å². The molecule has 11 heteroatoms. The van der Waals surface area contributed by atoms with Gasteiger partial charge in [0, 0.05) is 37.0 Å². The van der Waals surface area contributed by atoms with Crippen molar-refractivity contribution >= 4 is 45.8 Å². The number of ketones is 1. The molecule has 278 valence electrons. The summed E-state index contributed by atoms with van der Waals surface area (Å²) in [5.41, 5.74) is 5.01. The number of halogens is 2. The molecule has 1 fully saturated rings. The molecule has 0 unspecified atom stereocenters. The lowest BCUT2D eigenvalue weighted by molar-refractivity contribution is -0.135. The molecule has 6 rings (SSSR count). The first-order chi connectivity index (χ1) is 25.5. The number of methoxy groups -OCH3 is 1. The molecule has 53 heavy (non-hydrogen) atoms. The zero-order valence-electron chi connectivity index (χ0n) is 30.8. The van der Waals surface area contributed by atoms with E-state index in [1.54, 1.807) is 6.07 Å². The van der Waals surface area contributed by atoms with Crippen LogP contribution in [0.5, 0.6) is 5.75 Å². The summed E-state index contributed by atoms with van der Waals surface area (Å²) in [5, 5.41) is 0. The highest BCUT2D eigenvalue weighted by Gasteiger charge is 2.35. The highest BCUT2D eigenvalue weighted by molar-refractivity contribution is 14.1. The van der Waals surface area contributed by atoms with E-state index in [-0.39, 0.29) is 17.0 Å². The molecule has 2 aromatic heterocycles. The summed E-state index contributed by atoms with van der Waals surface area (Å²) in [6.45, 7) is 11.4. The van der Waals surface area contributed by atoms with Gasteiger partial charge in [-0.2, -0.15) is 0 Å². The summed E-state index contributed by atoms with van der Waals surface area (Å²) in [6.07, 6.45) is 3.31. The van der Waals surface area contributed by atoms with Crippen molar-refractivity contribution in [3.8, 4) is 28.1 Å². The number of rotatable bonds is 14. The lowest BCUT2D eigenvalue weighted by Crippen LogP contribution is -2.46. The number of aryl methyl sites for hydroxylation is 1. The number of aromatic nitrogens is 2. The van der Waals surface area contributed by atoms with Crippen molar-refractivity contribution in [1.82, 2.24) is 9.38 Å². The van der Waals surface area contributed by atoms with Crippen LogP contribution in [-0.4, -0.2) is 66.8 Å². The molecule has 0 radical (unpaired) electrons. The number of Topliss-reactive ketones (excluding diaryl/α,β-unsaturated/α-hetero) is 1. The third-order valence-corrected chi connectivity index (χ3v) is 10.3. The molecule has 9 nitrogen and oxygen atoms in total. The first-order valence-electron chi connectivity index (χ1n) is 17.8. The second kappa shape index (κ2) is 16.8. The first-order valence-corrected chi connectivity index (χ1v) is 18.9. The van der Waals surface area contributed by atoms with Crippen molar-refractivity contribution < 1.29 is 32.9 Å². The van der Waals surface area contributed by atoms with E-state index in [4.69, 9.17) is 23.9 Å². The number of carbonyl (C=O) groups is 2. The number of carbonyl (C=O) groups excluding carboxylic acids is 2. The summed E-state index contributed by atoms with van der Waals surface area (Å²) in [7, 11) is 1.21. The maximum absolute atomic E-state index is 15.0. The molecule has 3 heterocycles. The van der Waals surface area contributed by atoms with Crippen LogP contribution in [0.25, 0.3) is 28.0 Å². The number of piperidine rings is 1. The van der Waals surface area contributed by atoms with E-state index in [0.717, 1.165) is 16.7 Å². The molecule has 1 aliphatic heterocycles. The molecule has 0 aliphatic carbocycles. The van der Waals surface area contributed by atoms with Crippen LogP contribution in [0.3, 0.4) is 0 Å². The summed E-state index contributed by atoms with van der Waals surface area (Å²) in [6, 6.07) is 22.6. The Balaban J connectivity index is 1.33. The van der Waals surface area contributed by atoms with Gasteiger partial charge in [-0.1, -0.05) is 62.4 Å². The van der Waals surface area contributed by atoms with Crippen LogP contribution < -0.4 is 9.64 Å². The van der Waals surface area contributed by atoms with E-state index >= 15 is 4.39 Å². The van der Waals surface area contributed by atoms with E-state index in [9.17, 15) is 9.59 Å². The van der Waals surface area contributed by atoms with Crippen LogP contribution in [-0.2, 0) is 25.6 Å². The smallest absolute Gasteiger partial charge is 0.379 e. The van der Waals surface area contributed by atoms with Crippen LogP contribution in [0.2, 0.25) is 0 Å². The van der Waals surface area contributed by atoms with Gasteiger partial charge in [-0.15, -0.1) is 0 Å². The quantitative estimate of drug-likeness (QED) is 0.0361. The Morgan fingerprint density at radius 1 is 0.981 bits per heavy atom. The SMILES string of the molecule is COC(=O)C(=O)c1c(C)cc2nc(-c3cccc(-c4cc(F)c(I)cc4OCc4ccccc4)c3)cn2c1N1CCC(C)(OCCOCC(C)C)CC1. The third-order valence-electron chi connectivity index (χ3n) is 9.50. The summed E-state index contributed by atoms with van der Waals surface area (Å²) in [5.74, 6) is -0.359. The number of pyridine rings is 1. The lowest BCUT2D eigenvalue weighted by Gasteiger charge is -2.41. The molecule has 1 aliphatic rings. The van der Waals surface area contributed by atoms with Gasteiger partial charge in [0.05, 0.1) is 40.8 Å². The Bertz CT molecular complexity index is 2090. The van der Waals surface area contributed by atoms with Gasteiger partial charge in [0.2, 0.25) is 0 Å². The van der Waals surface area contributed by atoms with Gasteiger partial charge in [-0.25, -0.2) is 14.2 Å². The van der Waals surface area contributed by atoms with E-state index in [1.165, 1.54) is 13.2 Å². The van der Waals surface area contributed by atoms with Crippen molar-refractivity contribution in [2.45, 2.75) is 52.7 Å². The van der Waals surface area contributed by atoms with Gasteiger partial charge in [0.15, 0.2) is 0 Å². The first kappa shape index (κ1) is 38.4. The minimum atomic E-state index is -0.927. The fourth-order valence-electron chi connectivity index (χ4n) is 6.61. The average Bonchev–Trinajstić information content (AvgIpc) is 3.58. The normalized spacial score (nSPS) is 14.2. The Morgan fingerprint density at radius 2 is 1.72 bits per heavy atom. The minimum Gasteiger partial charge on any atom is -0.488 e. The molecule has 1 saturated heterocycles. The number of ether oxygens (including phenoxy) is 4. The van der Waals surface area contributed by atoms with Crippen molar-refractivity contribution in [2.75, 3.05) is 44.9 Å². The Hall–Kier alpha value is -4.33. The van der Waals surface area contributed by atoms with Gasteiger partial charge < -0.3 is 23.8 Å². The fourth-order valence-corrected chi connectivity index (χ4v) is 7.05. The number of imidazole rings is 1. The number of esters is 1. The Kier molecular flexibility index (Phi) is 12.2. The predicted molar refractivity (Wildman–Crippen MR) is 212 cm³/mol. The predicted octanol–water partition coefficient (Wildman–Crippen LogP) is 8.70. The molecule has 0 N–H and O–H groups in total. The van der Waals surface area contributed by atoms with Crippen molar-refractivity contribution in [3.05, 3.63) is 105 Å². The highest BCUT2D eigenvalue weighted by Crippen LogP contribution is 2.38. The maximum Gasteiger partial charge on any atom is 0.379 e. The molecular formula is C42H45FIN3O6. The van der Waals surface area contributed by atoms with E-state index in [0.29, 0.717) is 95.9 Å². The van der Waals surface area contributed by atoms with Crippen molar-refractivity contribution in [3.63, 3.8) is 0 Å². The number of hydrogen-bond donors (Lipinski definition) is 0. The Morgan fingerprint density at radius 3 is 2.43 bits per heavy atom. The lowest BCUT2D eigenvalue weighted by atomic mass is 9.92. The van der Waals surface area contributed by atoms with Crippen molar-refractivity contribution in [1.29, 1.82) is 0 Å². The topological polar surface area (TPSA) is 91.6 Å². The molecule has 0 amide bonds. The molecule has 0 atom stereocenters. The summed E-state index contributed by atoms with van der Waals surface area (Å²) < 4.78 is 40.5. The highest BCUT2D eigenvalue weighted by atomic mass is 127. The largest absolute Gasteiger partial charge is 0.488 e. The van der Waals surface area contributed by atoms with Crippen LogP contribution in [0.1, 0.15) is 55.1 Å². The van der Waals surface area contributed by atoms with E-state index in [1.807, 2.05) is 101 Å². The molecule has 0 bridgehead atoms. The monoisotopic (exact) mass is 833 g/mol. The van der Waals surface area contributed by atoms with Gasteiger partial charge in [-0.05, 0) is 96.2 Å². The molecule has 3 aromatic carbocycles. The second-order valence-electron chi connectivity index (χ2n) is 14.1. The molecule has 5 aromatic rings. The average molecular weight is 834 g/mol. The number of fused-ring (bicyclic) bond motifs is 1. The molecular weight excluding hydrogens is 788 g/mol. The molecule has 0 saturated carbocycles. The number of benzene rings is 3.